The number of hydrogen-bond donors (Lipinski definition) is 1. The fourth-order valence-corrected chi connectivity index (χ4v) is 3.03. The van der Waals surface area contributed by atoms with Crippen LogP contribution in [0.3, 0.4) is 0 Å². The van der Waals surface area contributed by atoms with Crippen molar-refractivity contribution in [1.29, 1.82) is 0 Å². The van der Waals surface area contributed by atoms with E-state index in [1.54, 1.807) is 11.3 Å². The second-order valence-electron chi connectivity index (χ2n) is 4.42. The van der Waals surface area contributed by atoms with Gasteiger partial charge in [-0.3, -0.25) is 4.79 Å². The molecule has 2 heterocycles. The third-order valence-electron chi connectivity index (χ3n) is 3.30. The molecule has 4 heteroatoms. The van der Waals surface area contributed by atoms with Crippen molar-refractivity contribution in [3.8, 4) is 0 Å². The van der Waals surface area contributed by atoms with Crippen molar-refractivity contribution in [2.45, 2.75) is 12.8 Å². The lowest BCUT2D eigenvalue weighted by Gasteiger charge is -2.30. The monoisotopic (exact) mass is 258 g/mol. The van der Waals surface area contributed by atoms with Gasteiger partial charge in [-0.25, -0.2) is 0 Å². The maximum Gasteiger partial charge on any atom is 0.259 e. The van der Waals surface area contributed by atoms with E-state index in [9.17, 15) is 4.79 Å². The van der Waals surface area contributed by atoms with Crippen LogP contribution in [0.4, 0.5) is 11.4 Å². The molecule has 1 aliphatic rings. The van der Waals surface area contributed by atoms with Gasteiger partial charge in [-0.05, 0) is 42.0 Å². The second-order valence-corrected chi connectivity index (χ2v) is 5.20. The quantitative estimate of drug-likeness (QED) is 0.799. The van der Waals surface area contributed by atoms with Gasteiger partial charge in [-0.15, -0.1) is 0 Å². The minimum absolute atomic E-state index is 0.0720. The van der Waals surface area contributed by atoms with Crippen molar-refractivity contribution in [2.75, 3.05) is 17.2 Å². The number of rotatable bonds is 1. The number of fused-ring (bicyclic) bond motifs is 1. The van der Waals surface area contributed by atoms with Crippen molar-refractivity contribution in [2.24, 2.45) is 0 Å². The van der Waals surface area contributed by atoms with Crippen molar-refractivity contribution in [1.82, 2.24) is 0 Å². The smallest absolute Gasteiger partial charge is 0.259 e. The molecular formula is C14H14N2OS. The SMILES string of the molecule is Nc1cccc2c1CCCN2C(=O)c1ccsc1. The van der Waals surface area contributed by atoms with Crippen LogP contribution in [-0.2, 0) is 6.42 Å². The Hall–Kier alpha value is -1.81. The molecule has 0 bridgehead atoms. The average molecular weight is 258 g/mol. The van der Waals surface area contributed by atoms with Gasteiger partial charge in [-0.1, -0.05) is 6.07 Å². The lowest BCUT2D eigenvalue weighted by molar-refractivity contribution is 0.0985. The molecular weight excluding hydrogens is 244 g/mol. The molecule has 3 nitrogen and oxygen atoms in total. The highest BCUT2D eigenvalue weighted by Gasteiger charge is 2.24. The predicted octanol–water partition coefficient (Wildman–Crippen LogP) is 2.92. The second kappa shape index (κ2) is 4.46. The number of thiophene rings is 1. The Morgan fingerprint density at radius 1 is 1.33 bits per heavy atom. The summed E-state index contributed by atoms with van der Waals surface area (Å²) in [6.45, 7) is 0.769. The Morgan fingerprint density at radius 3 is 3.00 bits per heavy atom. The van der Waals surface area contributed by atoms with Crippen molar-refractivity contribution >= 4 is 28.6 Å². The molecule has 3 rings (SSSR count). The van der Waals surface area contributed by atoms with Crippen LogP contribution in [0.1, 0.15) is 22.3 Å². The zero-order valence-electron chi connectivity index (χ0n) is 9.93. The maximum atomic E-state index is 12.4. The number of carbonyl (C=O) groups excluding carboxylic acids is 1. The van der Waals surface area contributed by atoms with E-state index in [1.807, 2.05) is 39.9 Å². The number of hydrogen-bond acceptors (Lipinski definition) is 3. The minimum atomic E-state index is 0.0720. The van der Waals surface area contributed by atoms with Gasteiger partial charge in [-0.2, -0.15) is 11.3 Å². The van der Waals surface area contributed by atoms with E-state index in [2.05, 4.69) is 0 Å². The number of carbonyl (C=O) groups is 1. The number of benzene rings is 1. The Kier molecular flexibility index (Phi) is 2.80. The first-order valence-electron chi connectivity index (χ1n) is 5.99. The minimum Gasteiger partial charge on any atom is -0.398 e. The predicted molar refractivity (Wildman–Crippen MR) is 75.2 cm³/mol. The van der Waals surface area contributed by atoms with Gasteiger partial charge in [0.2, 0.25) is 0 Å². The van der Waals surface area contributed by atoms with E-state index in [1.165, 1.54) is 0 Å². The Bertz CT molecular complexity index is 577. The van der Waals surface area contributed by atoms with Gasteiger partial charge in [0.15, 0.2) is 0 Å². The van der Waals surface area contributed by atoms with Crippen LogP contribution in [0.2, 0.25) is 0 Å². The molecule has 1 aromatic carbocycles. The highest BCUT2D eigenvalue weighted by atomic mass is 32.1. The highest BCUT2D eigenvalue weighted by Crippen LogP contribution is 2.32. The molecule has 0 aliphatic carbocycles. The third kappa shape index (κ3) is 1.78. The van der Waals surface area contributed by atoms with E-state index in [-0.39, 0.29) is 5.91 Å². The highest BCUT2D eigenvalue weighted by molar-refractivity contribution is 7.08. The van der Waals surface area contributed by atoms with Crippen molar-refractivity contribution in [3.05, 3.63) is 46.2 Å². The van der Waals surface area contributed by atoms with Gasteiger partial charge in [0, 0.05) is 23.3 Å². The largest absolute Gasteiger partial charge is 0.398 e. The summed E-state index contributed by atoms with van der Waals surface area (Å²) in [5, 5.41) is 3.82. The third-order valence-corrected chi connectivity index (χ3v) is 3.98. The maximum absolute atomic E-state index is 12.4. The van der Waals surface area contributed by atoms with Gasteiger partial charge >= 0.3 is 0 Å². The number of anilines is 2. The number of nitrogen functional groups attached to an aromatic ring is 1. The zero-order valence-corrected chi connectivity index (χ0v) is 10.7. The summed E-state index contributed by atoms with van der Waals surface area (Å²) in [4.78, 5) is 14.3. The fourth-order valence-electron chi connectivity index (χ4n) is 2.40. The standard InChI is InChI=1S/C14H14N2OS/c15-12-4-1-5-13-11(12)3-2-7-16(13)14(17)10-6-8-18-9-10/h1,4-6,8-9H,2-3,7,15H2. The summed E-state index contributed by atoms with van der Waals surface area (Å²) in [6, 6.07) is 7.66. The van der Waals surface area contributed by atoms with Crippen LogP contribution in [0, 0.1) is 0 Å². The molecule has 0 radical (unpaired) electrons. The Balaban J connectivity index is 2.02. The van der Waals surface area contributed by atoms with Crippen LogP contribution in [-0.4, -0.2) is 12.5 Å². The summed E-state index contributed by atoms with van der Waals surface area (Å²) < 4.78 is 0. The van der Waals surface area contributed by atoms with Gasteiger partial charge in [0.1, 0.15) is 0 Å². The molecule has 1 aromatic heterocycles. The number of amides is 1. The molecule has 0 unspecified atom stereocenters. The van der Waals surface area contributed by atoms with Gasteiger partial charge < -0.3 is 10.6 Å². The molecule has 1 amide bonds. The lowest BCUT2D eigenvalue weighted by Crippen LogP contribution is -2.35. The molecule has 0 fully saturated rings. The Morgan fingerprint density at radius 2 is 2.22 bits per heavy atom. The summed E-state index contributed by atoms with van der Waals surface area (Å²) in [5.74, 6) is 0.0720. The lowest BCUT2D eigenvalue weighted by atomic mass is 9.99. The van der Waals surface area contributed by atoms with Crippen molar-refractivity contribution in [3.63, 3.8) is 0 Å². The summed E-state index contributed by atoms with van der Waals surface area (Å²) in [6.07, 6.45) is 1.92. The first-order valence-corrected chi connectivity index (χ1v) is 6.93. The van der Waals surface area contributed by atoms with Crippen LogP contribution in [0.25, 0.3) is 0 Å². The van der Waals surface area contributed by atoms with Crippen molar-refractivity contribution < 1.29 is 4.79 Å². The first kappa shape index (κ1) is 11.3. The van der Waals surface area contributed by atoms with E-state index in [0.29, 0.717) is 0 Å². The van der Waals surface area contributed by atoms with E-state index < -0.39 is 0 Å². The van der Waals surface area contributed by atoms with Gasteiger partial charge in [0.05, 0.1) is 5.56 Å². The van der Waals surface area contributed by atoms with E-state index in [0.717, 1.165) is 41.9 Å². The van der Waals surface area contributed by atoms with Gasteiger partial charge in [0.25, 0.3) is 5.91 Å². The molecule has 1 aliphatic heterocycles. The van der Waals surface area contributed by atoms with Crippen LogP contribution in [0.15, 0.2) is 35.0 Å². The summed E-state index contributed by atoms with van der Waals surface area (Å²) in [7, 11) is 0. The molecule has 0 spiro atoms. The molecule has 0 atom stereocenters. The summed E-state index contributed by atoms with van der Waals surface area (Å²) >= 11 is 1.54. The van der Waals surface area contributed by atoms with Crippen LogP contribution >= 0.6 is 11.3 Å². The molecule has 2 N–H and O–H groups in total. The number of nitrogens with two attached hydrogens (primary N) is 1. The normalized spacial score (nSPS) is 14.3. The molecule has 0 saturated carbocycles. The number of nitrogens with zero attached hydrogens (tertiary/aromatic N) is 1. The summed E-state index contributed by atoms with van der Waals surface area (Å²) in [5.41, 5.74) is 9.61. The molecule has 18 heavy (non-hydrogen) atoms. The Labute approximate surface area is 110 Å². The molecule has 2 aromatic rings. The topological polar surface area (TPSA) is 46.3 Å². The van der Waals surface area contributed by atoms with Crippen LogP contribution in [0.5, 0.6) is 0 Å². The van der Waals surface area contributed by atoms with Crippen LogP contribution < -0.4 is 10.6 Å². The average Bonchev–Trinajstić information content (AvgIpc) is 2.92. The fraction of sp³-hybridized carbons (Fsp3) is 0.214. The van der Waals surface area contributed by atoms with E-state index in [4.69, 9.17) is 5.73 Å². The first-order chi connectivity index (χ1) is 8.77. The zero-order chi connectivity index (χ0) is 12.5. The van der Waals surface area contributed by atoms with E-state index >= 15 is 0 Å². The molecule has 0 saturated heterocycles. The molecule has 92 valence electrons.